The summed E-state index contributed by atoms with van der Waals surface area (Å²) in [7, 11) is 0. The van der Waals surface area contributed by atoms with E-state index in [0.717, 1.165) is 35.6 Å². The standard InChI is InChI=1S/C18H32N2/c1-13-5-8-20(9-6-13)10-7-19-18-12-14-11-17(18)16-4-2-3-15(14)16/h13-19H,2-12H2,1H3. The van der Waals surface area contributed by atoms with Crippen molar-refractivity contribution in [3.8, 4) is 0 Å². The first-order valence-corrected chi connectivity index (χ1v) is 9.27. The van der Waals surface area contributed by atoms with Crippen molar-refractivity contribution in [1.29, 1.82) is 0 Å². The van der Waals surface area contributed by atoms with E-state index in [2.05, 4.69) is 17.1 Å². The molecule has 1 heterocycles. The third kappa shape index (κ3) is 2.43. The van der Waals surface area contributed by atoms with Crippen LogP contribution in [-0.4, -0.2) is 37.1 Å². The first kappa shape index (κ1) is 13.6. The predicted molar refractivity (Wildman–Crippen MR) is 83.7 cm³/mol. The van der Waals surface area contributed by atoms with Crippen LogP contribution in [0.2, 0.25) is 0 Å². The van der Waals surface area contributed by atoms with Gasteiger partial charge >= 0.3 is 0 Å². The summed E-state index contributed by atoms with van der Waals surface area (Å²) in [6.07, 6.45) is 10.5. The Morgan fingerprint density at radius 3 is 2.60 bits per heavy atom. The lowest BCUT2D eigenvalue weighted by Crippen LogP contribution is -2.44. The number of hydrogen-bond acceptors (Lipinski definition) is 2. The van der Waals surface area contributed by atoms with Crippen molar-refractivity contribution in [2.24, 2.45) is 29.6 Å². The van der Waals surface area contributed by atoms with Crippen molar-refractivity contribution in [1.82, 2.24) is 10.2 Å². The lowest BCUT2D eigenvalue weighted by molar-refractivity contribution is 0.176. The fourth-order valence-electron chi connectivity index (χ4n) is 6.00. The van der Waals surface area contributed by atoms with Gasteiger partial charge < -0.3 is 10.2 Å². The molecule has 1 saturated heterocycles. The summed E-state index contributed by atoms with van der Waals surface area (Å²) >= 11 is 0. The average Bonchev–Trinajstić information content (AvgIpc) is 3.12. The van der Waals surface area contributed by atoms with Crippen molar-refractivity contribution in [3.05, 3.63) is 0 Å². The first-order valence-electron chi connectivity index (χ1n) is 9.27. The highest BCUT2D eigenvalue weighted by molar-refractivity contribution is 5.05. The van der Waals surface area contributed by atoms with Gasteiger partial charge in [-0.2, -0.15) is 0 Å². The zero-order valence-electron chi connectivity index (χ0n) is 13.2. The second-order valence-electron chi connectivity index (χ2n) is 8.24. The molecule has 20 heavy (non-hydrogen) atoms. The van der Waals surface area contributed by atoms with E-state index in [-0.39, 0.29) is 0 Å². The van der Waals surface area contributed by atoms with Gasteiger partial charge in [0.25, 0.3) is 0 Å². The zero-order chi connectivity index (χ0) is 13.5. The third-order valence-corrected chi connectivity index (χ3v) is 7.14. The number of piperidine rings is 1. The number of nitrogens with zero attached hydrogens (tertiary/aromatic N) is 1. The summed E-state index contributed by atoms with van der Waals surface area (Å²) in [5.41, 5.74) is 0. The highest BCUT2D eigenvalue weighted by Gasteiger charge is 2.53. The van der Waals surface area contributed by atoms with Crippen molar-refractivity contribution < 1.29 is 0 Å². The molecule has 1 aliphatic heterocycles. The minimum absolute atomic E-state index is 0.878. The molecular weight excluding hydrogens is 244 g/mol. The Morgan fingerprint density at radius 2 is 1.75 bits per heavy atom. The van der Waals surface area contributed by atoms with E-state index in [9.17, 15) is 0 Å². The Labute approximate surface area is 124 Å². The maximum Gasteiger partial charge on any atom is 0.0107 e. The van der Waals surface area contributed by atoms with E-state index in [1.54, 1.807) is 19.3 Å². The molecule has 0 radical (unpaired) electrons. The summed E-state index contributed by atoms with van der Waals surface area (Å²) in [5, 5.41) is 3.94. The molecule has 2 nitrogen and oxygen atoms in total. The average molecular weight is 276 g/mol. The van der Waals surface area contributed by atoms with Gasteiger partial charge in [-0.15, -0.1) is 0 Å². The van der Waals surface area contributed by atoms with Crippen molar-refractivity contribution >= 4 is 0 Å². The summed E-state index contributed by atoms with van der Waals surface area (Å²) in [6, 6.07) is 0.878. The maximum absolute atomic E-state index is 3.94. The summed E-state index contributed by atoms with van der Waals surface area (Å²) in [4.78, 5) is 2.68. The highest BCUT2D eigenvalue weighted by atomic mass is 15.1. The largest absolute Gasteiger partial charge is 0.312 e. The van der Waals surface area contributed by atoms with Crippen LogP contribution in [0.15, 0.2) is 0 Å². The highest BCUT2D eigenvalue weighted by Crippen LogP contribution is 2.58. The molecule has 3 aliphatic carbocycles. The van der Waals surface area contributed by atoms with E-state index in [1.807, 2.05) is 0 Å². The van der Waals surface area contributed by atoms with E-state index < -0.39 is 0 Å². The summed E-state index contributed by atoms with van der Waals surface area (Å²) in [5.74, 6) is 5.36. The molecule has 1 N–H and O–H groups in total. The maximum atomic E-state index is 3.94. The van der Waals surface area contributed by atoms with Gasteiger partial charge in [0.1, 0.15) is 0 Å². The van der Waals surface area contributed by atoms with E-state index in [1.165, 1.54) is 51.9 Å². The van der Waals surface area contributed by atoms with Gasteiger partial charge in [0.2, 0.25) is 0 Å². The molecule has 5 unspecified atom stereocenters. The van der Waals surface area contributed by atoms with Crippen LogP contribution >= 0.6 is 0 Å². The molecule has 0 aromatic carbocycles. The van der Waals surface area contributed by atoms with Crippen molar-refractivity contribution in [3.63, 3.8) is 0 Å². The Kier molecular flexibility index (Phi) is 3.80. The molecule has 5 atom stereocenters. The molecule has 2 heteroatoms. The van der Waals surface area contributed by atoms with Crippen LogP contribution in [0.25, 0.3) is 0 Å². The number of fused-ring (bicyclic) bond motifs is 5. The van der Waals surface area contributed by atoms with Crippen LogP contribution in [0.4, 0.5) is 0 Å². The van der Waals surface area contributed by atoms with Gasteiger partial charge in [-0.1, -0.05) is 13.3 Å². The van der Waals surface area contributed by atoms with Crippen LogP contribution in [0.3, 0.4) is 0 Å². The molecule has 0 amide bonds. The van der Waals surface area contributed by atoms with Crippen LogP contribution in [0.5, 0.6) is 0 Å². The first-order chi connectivity index (χ1) is 9.81. The van der Waals surface area contributed by atoms with Gasteiger partial charge in [0.05, 0.1) is 0 Å². The summed E-state index contributed by atoms with van der Waals surface area (Å²) < 4.78 is 0. The van der Waals surface area contributed by atoms with Gasteiger partial charge in [0, 0.05) is 19.1 Å². The second-order valence-corrected chi connectivity index (χ2v) is 8.24. The number of rotatable bonds is 4. The van der Waals surface area contributed by atoms with Gasteiger partial charge in [-0.25, -0.2) is 0 Å². The Morgan fingerprint density at radius 1 is 0.950 bits per heavy atom. The van der Waals surface area contributed by atoms with Crippen molar-refractivity contribution in [2.45, 2.75) is 57.9 Å². The van der Waals surface area contributed by atoms with Crippen LogP contribution in [0.1, 0.15) is 51.9 Å². The Balaban J connectivity index is 1.21. The van der Waals surface area contributed by atoms with Crippen molar-refractivity contribution in [2.75, 3.05) is 26.2 Å². The predicted octanol–water partition coefficient (Wildman–Crippen LogP) is 3.13. The summed E-state index contributed by atoms with van der Waals surface area (Å²) in [6.45, 7) is 7.60. The molecule has 2 bridgehead atoms. The number of likely N-dealkylation sites (tertiary alicyclic amines) is 1. The molecule has 4 fully saturated rings. The Hall–Kier alpha value is -0.0800. The Bertz CT molecular complexity index is 334. The third-order valence-electron chi connectivity index (χ3n) is 7.14. The zero-order valence-corrected chi connectivity index (χ0v) is 13.2. The van der Waals surface area contributed by atoms with Crippen LogP contribution in [-0.2, 0) is 0 Å². The number of hydrogen-bond donors (Lipinski definition) is 1. The normalized spacial score (nSPS) is 45.1. The molecule has 3 saturated carbocycles. The second kappa shape index (κ2) is 5.61. The van der Waals surface area contributed by atoms with Gasteiger partial charge in [0.15, 0.2) is 0 Å². The topological polar surface area (TPSA) is 15.3 Å². The quantitative estimate of drug-likeness (QED) is 0.848. The van der Waals surface area contributed by atoms with Crippen LogP contribution < -0.4 is 5.32 Å². The van der Waals surface area contributed by atoms with E-state index >= 15 is 0 Å². The van der Waals surface area contributed by atoms with E-state index in [0.29, 0.717) is 0 Å². The van der Waals surface area contributed by atoms with Gasteiger partial charge in [-0.05, 0) is 81.2 Å². The molecule has 4 rings (SSSR count). The lowest BCUT2D eigenvalue weighted by atomic mass is 9.79. The smallest absolute Gasteiger partial charge is 0.0107 e. The fraction of sp³-hybridized carbons (Fsp3) is 1.00. The SMILES string of the molecule is CC1CCN(CCNC2CC3CC2C2CCCC32)CC1. The molecule has 0 aromatic heterocycles. The number of nitrogens with one attached hydrogen (secondary N) is 1. The molecular formula is C18H32N2. The van der Waals surface area contributed by atoms with E-state index in [4.69, 9.17) is 0 Å². The molecule has 4 aliphatic rings. The molecule has 114 valence electrons. The monoisotopic (exact) mass is 276 g/mol. The lowest BCUT2D eigenvalue weighted by Gasteiger charge is -2.34. The fourth-order valence-corrected chi connectivity index (χ4v) is 6.00. The van der Waals surface area contributed by atoms with Crippen LogP contribution in [0, 0.1) is 29.6 Å². The molecule has 0 aromatic rings. The minimum atomic E-state index is 0.878. The van der Waals surface area contributed by atoms with Gasteiger partial charge in [-0.3, -0.25) is 0 Å². The molecule has 0 spiro atoms. The minimum Gasteiger partial charge on any atom is -0.312 e.